The lowest BCUT2D eigenvalue weighted by atomic mass is 10.4. The van der Waals surface area contributed by atoms with Crippen LogP contribution in [0.3, 0.4) is 0 Å². The molecule has 0 atom stereocenters. The van der Waals surface area contributed by atoms with Crippen LogP contribution in [0.2, 0.25) is 0 Å². The number of halogens is 1. The Bertz CT molecular complexity index is 333. The number of ether oxygens (including phenoxy) is 1. The molecule has 1 heterocycles. The van der Waals surface area contributed by atoms with Crippen LogP contribution < -0.4 is 0 Å². The first kappa shape index (κ1) is 11.0. The fourth-order valence-corrected chi connectivity index (χ4v) is 1.25. The third kappa shape index (κ3) is 3.74. The Hall–Kier alpha value is -1.10. The Morgan fingerprint density at radius 1 is 1.79 bits per heavy atom. The summed E-state index contributed by atoms with van der Waals surface area (Å²) in [5.41, 5.74) is 1.00. The van der Waals surface area contributed by atoms with E-state index in [4.69, 9.17) is 4.74 Å². The summed E-state index contributed by atoms with van der Waals surface area (Å²) in [5, 5.41) is 4.08. The number of carbonyl (C=O) groups is 1. The van der Waals surface area contributed by atoms with E-state index in [9.17, 15) is 4.79 Å². The van der Waals surface area contributed by atoms with Gasteiger partial charge in [0.15, 0.2) is 0 Å². The van der Waals surface area contributed by atoms with E-state index in [1.165, 1.54) is 6.92 Å². The minimum atomic E-state index is -0.266. The van der Waals surface area contributed by atoms with Gasteiger partial charge < -0.3 is 4.74 Å². The van der Waals surface area contributed by atoms with Crippen LogP contribution in [-0.4, -0.2) is 22.4 Å². The van der Waals surface area contributed by atoms with Gasteiger partial charge in [0.25, 0.3) is 0 Å². The summed E-state index contributed by atoms with van der Waals surface area (Å²) in [7, 11) is 0. The van der Waals surface area contributed by atoms with Gasteiger partial charge in [-0.2, -0.15) is 5.10 Å². The predicted octanol–water partition coefficient (Wildman–Crippen LogP) is 1.81. The summed E-state index contributed by atoms with van der Waals surface area (Å²) in [4.78, 5) is 12.2. The second-order valence-corrected chi connectivity index (χ2v) is 3.20. The molecule has 0 aliphatic rings. The molecule has 1 rings (SSSR count). The van der Waals surface area contributed by atoms with Crippen molar-refractivity contribution in [2.24, 2.45) is 0 Å². The van der Waals surface area contributed by atoms with Crippen molar-refractivity contribution in [3.63, 3.8) is 0 Å². The molecule has 5 heteroatoms. The maximum atomic E-state index is 10.5. The quantitative estimate of drug-likeness (QED) is 0.774. The molecule has 0 spiro atoms. The molecule has 0 aliphatic carbocycles. The van der Waals surface area contributed by atoms with Gasteiger partial charge in [-0.1, -0.05) is 15.9 Å². The third-order valence-electron chi connectivity index (χ3n) is 1.53. The Labute approximate surface area is 90.7 Å². The lowest BCUT2D eigenvalue weighted by Gasteiger charge is -2.00. The molecule has 0 saturated heterocycles. The molecule has 0 unspecified atom stereocenters. The van der Waals surface area contributed by atoms with Crippen LogP contribution in [-0.2, 0) is 16.1 Å². The summed E-state index contributed by atoms with van der Waals surface area (Å²) in [6, 6.07) is 0. The van der Waals surface area contributed by atoms with Gasteiger partial charge in [-0.15, -0.1) is 0 Å². The van der Waals surface area contributed by atoms with Gasteiger partial charge in [-0.05, 0) is 11.1 Å². The van der Waals surface area contributed by atoms with Crippen molar-refractivity contribution in [1.29, 1.82) is 0 Å². The zero-order valence-corrected chi connectivity index (χ0v) is 9.40. The molecule has 0 N–H and O–H groups in total. The molecule has 4 nitrogen and oxygen atoms in total. The number of rotatable bonds is 4. The Kier molecular flexibility index (Phi) is 4.39. The van der Waals surface area contributed by atoms with Crippen LogP contribution in [0, 0.1) is 0 Å². The van der Waals surface area contributed by atoms with Crippen LogP contribution in [0.15, 0.2) is 17.4 Å². The van der Waals surface area contributed by atoms with E-state index >= 15 is 0 Å². The average molecular weight is 259 g/mol. The van der Waals surface area contributed by atoms with Crippen molar-refractivity contribution >= 4 is 28.0 Å². The summed E-state index contributed by atoms with van der Waals surface area (Å²) in [6.07, 6.45) is 5.50. The van der Waals surface area contributed by atoms with E-state index in [2.05, 4.69) is 21.0 Å². The molecule has 0 fully saturated rings. The summed E-state index contributed by atoms with van der Waals surface area (Å²) in [6.45, 7) is 2.33. The first-order chi connectivity index (χ1) is 6.72. The highest BCUT2D eigenvalue weighted by atomic mass is 79.9. The highest BCUT2D eigenvalue weighted by Gasteiger charge is 1.96. The van der Waals surface area contributed by atoms with Gasteiger partial charge in [0, 0.05) is 18.7 Å². The van der Waals surface area contributed by atoms with Crippen molar-refractivity contribution in [2.75, 3.05) is 6.61 Å². The average Bonchev–Trinajstić information content (AvgIpc) is 2.53. The zero-order chi connectivity index (χ0) is 10.4. The molecule has 1 aromatic heterocycles. The van der Waals surface area contributed by atoms with E-state index < -0.39 is 0 Å². The molecule has 76 valence electrons. The van der Waals surface area contributed by atoms with Crippen molar-refractivity contribution in [1.82, 2.24) is 9.78 Å². The number of hydrogen-bond acceptors (Lipinski definition) is 3. The maximum Gasteiger partial charge on any atom is 0.302 e. The summed E-state index contributed by atoms with van der Waals surface area (Å²) in [5.74, 6) is -0.266. The molecule has 1 aromatic rings. The third-order valence-corrected chi connectivity index (χ3v) is 1.80. The number of aromatic nitrogens is 2. The van der Waals surface area contributed by atoms with Crippen molar-refractivity contribution in [2.45, 2.75) is 13.5 Å². The number of carbonyl (C=O) groups excluding carboxylic acids is 1. The van der Waals surface area contributed by atoms with Crippen LogP contribution in [0.4, 0.5) is 0 Å². The second-order valence-electron chi connectivity index (χ2n) is 2.67. The second kappa shape index (κ2) is 5.59. The lowest BCUT2D eigenvalue weighted by Crippen LogP contribution is -2.08. The topological polar surface area (TPSA) is 44.1 Å². The highest BCUT2D eigenvalue weighted by molar-refractivity contribution is 9.11. The molecular weight excluding hydrogens is 248 g/mol. The summed E-state index contributed by atoms with van der Waals surface area (Å²) >= 11 is 3.18. The van der Waals surface area contributed by atoms with Gasteiger partial charge in [0.05, 0.1) is 12.7 Å². The number of nitrogens with zero attached hydrogens (tertiary/aromatic N) is 2. The van der Waals surface area contributed by atoms with Crippen LogP contribution in [0.5, 0.6) is 0 Å². The van der Waals surface area contributed by atoms with E-state index in [1.54, 1.807) is 15.9 Å². The van der Waals surface area contributed by atoms with Crippen molar-refractivity contribution in [3.05, 3.63) is 22.9 Å². The van der Waals surface area contributed by atoms with Crippen LogP contribution >= 0.6 is 15.9 Å². The molecular formula is C9H11BrN2O2. The van der Waals surface area contributed by atoms with Crippen molar-refractivity contribution in [3.8, 4) is 0 Å². The first-order valence-electron chi connectivity index (χ1n) is 4.15. The van der Waals surface area contributed by atoms with Gasteiger partial charge in [0.1, 0.15) is 6.61 Å². The smallest absolute Gasteiger partial charge is 0.302 e. The van der Waals surface area contributed by atoms with E-state index in [1.807, 2.05) is 12.3 Å². The Balaban J connectivity index is 2.39. The van der Waals surface area contributed by atoms with Crippen molar-refractivity contribution < 1.29 is 9.53 Å². The fourth-order valence-electron chi connectivity index (χ4n) is 0.944. The Morgan fingerprint density at radius 3 is 3.21 bits per heavy atom. The largest absolute Gasteiger partial charge is 0.464 e. The predicted molar refractivity (Wildman–Crippen MR) is 56.8 cm³/mol. The van der Waals surface area contributed by atoms with Gasteiger partial charge in [-0.25, -0.2) is 0 Å². The molecule has 0 saturated carbocycles. The van der Waals surface area contributed by atoms with Crippen LogP contribution in [0.1, 0.15) is 12.5 Å². The lowest BCUT2D eigenvalue weighted by molar-refractivity contribution is -0.141. The van der Waals surface area contributed by atoms with Gasteiger partial charge in [-0.3, -0.25) is 9.48 Å². The Morgan fingerprint density at radius 2 is 2.57 bits per heavy atom. The minimum Gasteiger partial charge on any atom is -0.464 e. The molecule has 0 aromatic carbocycles. The SMILES string of the molecule is CC(=O)OCCn1cc(/C=C/Br)cn1. The standard InChI is InChI=1S/C9H11BrN2O2/c1-8(13)14-5-4-12-7-9(2-3-10)6-11-12/h2-3,6-7H,4-5H2,1H3/b3-2+. The van der Waals surface area contributed by atoms with E-state index in [-0.39, 0.29) is 5.97 Å². The van der Waals surface area contributed by atoms with E-state index in [0.29, 0.717) is 13.2 Å². The van der Waals surface area contributed by atoms with Crippen LogP contribution in [0.25, 0.3) is 6.08 Å². The molecule has 14 heavy (non-hydrogen) atoms. The minimum absolute atomic E-state index is 0.266. The number of esters is 1. The summed E-state index contributed by atoms with van der Waals surface area (Å²) < 4.78 is 6.52. The molecule has 0 bridgehead atoms. The number of hydrogen-bond donors (Lipinski definition) is 0. The first-order valence-corrected chi connectivity index (χ1v) is 5.06. The molecule has 0 radical (unpaired) electrons. The maximum absolute atomic E-state index is 10.5. The van der Waals surface area contributed by atoms with E-state index in [0.717, 1.165) is 5.56 Å². The van der Waals surface area contributed by atoms with Gasteiger partial charge in [0.2, 0.25) is 0 Å². The van der Waals surface area contributed by atoms with Gasteiger partial charge >= 0.3 is 5.97 Å². The molecule has 0 aliphatic heterocycles. The molecule has 0 amide bonds. The highest BCUT2D eigenvalue weighted by Crippen LogP contribution is 2.02. The zero-order valence-electron chi connectivity index (χ0n) is 7.81. The normalized spacial score (nSPS) is 10.7. The fraction of sp³-hybridized carbons (Fsp3) is 0.333. The monoisotopic (exact) mass is 258 g/mol.